The van der Waals surface area contributed by atoms with E-state index in [1.54, 1.807) is 36.4 Å². The number of carbonyl (C=O) groups excluding carboxylic acids is 2. The van der Waals surface area contributed by atoms with E-state index in [2.05, 4.69) is 0 Å². The monoisotopic (exact) mass is 485 g/mol. The molecule has 1 unspecified atom stereocenters. The number of aliphatic hydroxyl groups is 1. The number of Topliss-reactive ketones (excluding diaryl/α,β-unsaturated/α-hetero) is 1. The lowest BCUT2D eigenvalue weighted by molar-refractivity contribution is -0.141. The first-order chi connectivity index (χ1) is 16.2. The summed E-state index contributed by atoms with van der Waals surface area (Å²) >= 11 is 0. The number of methoxy groups -OCH3 is 2. The van der Waals surface area contributed by atoms with Crippen molar-refractivity contribution in [2.24, 2.45) is 5.41 Å². The Hall–Kier alpha value is -3.17. The summed E-state index contributed by atoms with van der Waals surface area (Å²) in [4.78, 5) is 25.9. The molecule has 180 valence electrons. The number of ketones is 1. The first-order valence-electron chi connectivity index (χ1n) is 10.9. The van der Waals surface area contributed by atoms with Gasteiger partial charge in [-0.05, 0) is 68.1 Å². The summed E-state index contributed by atoms with van der Waals surface area (Å²) in [5, 5.41) is 11.6. The molecule has 9 heteroatoms. The molecule has 0 saturated heterocycles. The molecule has 4 rings (SSSR count). The van der Waals surface area contributed by atoms with Crippen LogP contribution in [0.5, 0.6) is 5.75 Å². The predicted molar refractivity (Wildman–Crippen MR) is 124 cm³/mol. The van der Waals surface area contributed by atoms with Crippen molar-refractivity contribution in [1.82, 2.24) is 4.31 Å². The summed E-state index contributed by atoms with van der Waals surface area (Å²) in [6.45, 7) is 1.83. The number of nitrogens with zero attached hydrogens (tertiary/aromatic N) is 1. The second kappa shape index (κ2) is 8.88. The summed E-state index contributed by atoms with van der Waals surface area (Å²) in [7, 11) is -1.66. The van der Waals surface area contributed by atoms with Gasteiger partial charge in [-0.3, -0.25) is 4.79 Å². The van der Waals surface area contributed by atoms with Crippen LogP contribution in [-0.2, 0) is 24.3 Å². The van der Waals surface area contributed by atoms with Gasteiger partial charge in [0.1, 0.15) is 11.5 Å². The quantitative estimate of drug-likeness (QED) is 0.648. The highest BCUT2D eigenvalue weighted by Crippen LogP contribution is 2.52. The van der Waals surface area contributed by atoms with E-state index in [4.69, 9.17) is 9.47 Å². The standard InChI is InChI=1S/C25H27NO7S/c1-16-6-12-19(13-7-16)34(30,31)26-22(17-8-10-18(32-2)11-9-17)20(23(28)33-3)15-25(24(26)29)14-4-5-21(25)27/h6-13,24,29H,4-5,14-15H2,1-3H3/t24?,25-/m0/s1. The largest absolute Gasteiger partial charge is 0.497 e. The van der Waals surface area contributed by atoms with Crippen LogP contribution in [0.4, 0.5) is 0 Å². The van der Waals surface area contributed by atoms with Crippen molar-refractivity contribution in [3.8, 4) is 5.75 Å². The molecule has 1 spiro atoms. The lowest BCUT2D eigenvalue weighted by Gasteiger charge is -2.45. The van der Waals surface area contributed by atoms with Crippen LogP contribution < -0.4 is 4.74 Å². The average molecular weight is 486 g/mol. The van der Waals surface area contributed by atoms with Gasteiger partial charge in [-0.15, -0.1) is 0 Å². The highest BCUT2D eigenvalue weighted by molar-refractivity contribution is 7.89. The van der Waals surface area contributed by atoms with Crippen molar-refractivity contribution in [2.45, 2.75) is 43.7 Å². The highest BCUT2D eigenvalue weighted by Gasteiger charge is 2.57. The molecule has 2 aromatic rings. The Morgan fingerprint density at radius 1 is 1.09 bits per heavy atom. The van der Waals surface area contributed by atoms with Crippen LogP contribution >= 0.6 is 0 Å². The van der Waals surface area contributed by atoms with Crippen LogP contribution in [0.1, 0.15) is 36.8 Å². The van der Waals surface area contributed by atoms with Crippen LogP contribution in [0.25, 0.3) is 5.70 Å². The molecule has 1 N–H and O–H groups in total. The third kappa shape index (κ3) is 3.78. The van der Waals surface area contributed by atoms with Crippen molar-refractivity contribution in [3.05, 3.63) is 65.2 Å². The van der Waals surface area contributed by atoms with Crippen LogP contribution in [0.3, 0.4) is 0 Å². The maximum absolute atomic E-state index is 14.0. The molecule has 1 aliphatic heterocycles. The predicted octanol–water partition coefficient (Wildman–Crippen LogP) is 3.04. The molecule has 1 saturated carbocycles. The molecule has 0 amide bonds. The number of esters is 1. The zero-order valence-corrected chi connectivity index (χ0v) is 20.1. The summed E-state index contributed by atoms with van der Waals surface area (Å²) in [6, 6.07) is 12.7. The van der Waals surface area contributed by atoms with Gasteiger partial charge >= 0.3 is 5.97 Å². The topological polar surface area (TPSA) is 110 Å². The fraction of sp³-hybridized carbons (Fsp3) is 0.360. The van der Waals surface area contributed by atoms with Crippen LogP contribution in [0.2, 0.25) is 0 Å². The van der Waals surface area contributed by atoms with Gasteiger partial charge in [0, 0.05) is 6.42 Å². The maximum atomic E-state index is 14.0. The van der Waals surface area contributed by atoms with Crippen LogP contribution in [0, 0.1) is 12.3 Å². The van der Waals surface area contributed by atoms with Crippen molar-refractivity contribution < 1.29 is 32.6 Å². The van der Waals surface area contributed by atoms with Gasteiger partial charge in [0.15, 0.2) is 6.23 Å². The fourth-order valence-electron chi connectivity index (χ4n) is 4.80. The van der Waals surface area contributed by atoms with E-state index in [-0.39, 0.29) is 41.2 Å². The van der Waals surface area contributed by atoms with E-state index in [9.17, 15) is 23.1 Å². The van der Waals surface area contributed by atoms with E-state index in [1.807, 2.05) is 6.92 Å². The SMILES string of the molecule is COC(=O)C1=C(c2ccc(OC)cc2)N(S(=O)(=O)c2ccc(C)cc2)C(O)[C@@]2(CCCC2=O)C1. The number of hydrogen-bond acceptors (Lipinski definition) is 7. The van der Waals surface area contributed by atoms with Gasteiger partial charge in [0.25, 0.3) is 10.0 Å². The lowest BCUT2D eigenvalue weighted by atomic mass is 9.74. The molecule has 2 aromatic carbocycles. The summed E-state index contributed by atoms with van der Waals surface area (Å²) < 4.78 is 39.0. The first-order valence-corrected chi connectivity index (χ1v) is 12.4. The van der Waals surface area contributed by atoms with Crippen molar-refractivity contribution >= 4 is 27.5 Å². The van der Waals surface area contributed by atoms with E-state index >= 15 is 0 Å². The Morgan fingerprint density at radius 2 is 1.74 bits per heavy atom. The second-order valence-corrected chi connectivity index (χ2v) is 10.5. The third-order valence-electron chi connectivity index (χ3n) is 6.67. The van der Waals surface area contributed by atoms with E-state index in [1.165, 1.54) is 26.4 Å². The third-order valence-corrected chi connectivity index (χ3v) is 8.44. The molecule has 2 aliphatic rings. The Kier molecular flexibility index (Phi) is 6.26. The zero-order valence-electron chi connectivity index (χ0n) is 19.3. The number of benzene rings is 2. The minimum Gasteiger partial charge on any atom is -0.497 e. The molecule has 0 radical (unpaired) electrons. The number of aryl methyl sites for hydroxylation is 1. The minimum atomic E-state index is -4.37. The number of rotatable bonds is 5. The molecule has 1 aliphatic carbocycles. The number of ether oxygens (including phenoxy) is 2. The molecule has 2 atom stereocenters. The molecule has 1 fully saturated rings. The van der Waals surface area contributed by atoms with Gasteiger partial charge in [-0.25, -0.2) is 17.5 Å². The van der Waals surface area contributed by atoms with E-state index < -0.39 is 27.6 Å². The highest BCUT2D eigenvalue weighted by atomic mass is 32.2. The summed E-state index contributed by atoms with van der Waals surface area (Å²) in [5.41, 5.74) is -0.160. The summed E-state index contributed by atoms with van der Waals surface area (Å²) in [6.07, 6.45) is -0.813. The molecule has 0 aromatic heterocycles. The minimum absolute atomic E-state index is 0.00657. The molecule has 8 nitrogen and oxygen atoms in total. The number of carbonyl (C=O) groups is 2. The van der Waals surface area contributed by atoms with Crippen molar-refractivity contribution in [1.29, 1.82) is 0 Å². The number of sulfonamides is 1. The smallest absolute Gasteiger partial charge is 0.335 e. The Balaban J connectivity index is 2.02. The molecule has 34 heavy (non-hydrogen) atoms. The molecular weight excluding hydrogens is 458 g/mol. The van der Waals surface area contributed by atoms with Crippen LogP contribution in [0.15, 0.2) is 59.0 Å². The second-order valence-electron chi connectivity index (χ2n) is 8.64. The molecule has 1 heterocycles. The van der Waals surface area contributed by atoms with Crippen molar-refractivity contribution in [3.63, 3.8) is 0 Å². The van der Waals surface area contributed by atoms with E-state index in [0.29, 0.717) is 17.7 Å². The van der Waals surface area contributed by atoms with Crippen molar-refractivity contribution in [2.75, 3.05) is 14.2 Å². The van der Waals surface area contributed by atoms with Crippen LogP contribution in [-0.4, -0.2) is 50.0 Å². The van der Waals surface area contributed by atoms with Gasteiger partial charge in [-0.2, -0.15) is 0 Å². The first kappa shape index (κ1) is 24.0. The number of hydrogen-bond donors (Lipinski definition) is 1. The summed E-state index contributed by atoms with van der Waals surface area (Å²) in [5.74, 6) is -0.476. The van der Waals surface area contributed by atoms with Gasteiger partial charge in [0.05, 0.1) is 35.8 Å². The average Bonchev–Trinajstić information content (AvgIpc) is 3.20. The van der Waals surface area contributed by atoms with Gasteiger partial charge in [-0.1, -0.05) is 17.7 Å². The fourth-order valence-corrected chi connectivity index (χ4v) is 6.43. The normalized spacial score (nSPS) is 22.9. The number of aliphatic hydroxyl groups excluding tert-OH is 1. The Morgan fingerprint density at radius 3 is 2.26 bits per heavy atom. The Bertz CT molecular complexity index is 1250. The lowest BCUT2D eigenvalue weighted by Crippen LogP contribution is -2.55. The van der Waals surface area contributed by atoms with Gasteiger partial charge in [0.2, 0.25) is 0 Å². The zero-order chi connectivity index (χ0) is 24.7. The van der Waals surface area contributed by atoms with E-state index in [0.717, 1.165) is 9.87 Å². The Labute approximate surface area is 198 Å². The maximum Gasteiger partial charge on any atom is 0.335 e. The molecular formula is C25H27NO7S. The van der Waals surface area contributed by atoms with Gasteiger partial charge < -0.3 is 14.6 Å². The molecule has 0 bridgehead atoms.